The van der Waals surface area contributed by atoms with Crippen molar-refractivity contribution >= 4 is 0 Å². The lowest BCUT2D eigenvalue weighted by atomic mass is 9.54. The molecule has 0 radical (unpaired) electrons. The third-order valence-corrected chi connectivity index (χ3v) is 8.74. The van der Waals surface area contributed by atoms with Crippen molar-refractivity contribution in [3.05, 3.63) is 65.4 Å². The van der Waals surface area contributed by atoms with Crippen LogP contribution < -0.4 is 5.73 Å². The Labute approximate surface area is 211 Å². The van der Waals surface area contributed by atoms with Gasteiger partial charge in [-0.1, -0.05) is 26.0 Å². The second-order valence-corrected chi connectivity index (χ2v) is 10.6. The van der Waals surface area contributed by atoms with E-state index < -0.39 is 5.79 Å². The van der Waals surface area contributed by atoms with E-state index in [1.165, 1.54) is 6.07 Å². The van der Waals surface area contributed by atoms with Gasteiger partial charge in [0, 0.05) is 52.8 Å². The van der Waals surface area contributed by atoms with E-state index in [9.17, 15) is 0 Å². The molecule has 6 nitrogen and oxygen atoms in total. The molecule has 2 aliphatic carbocycles. The van der Waals surface area contributed by atoms with Crippen molar-refractivity contribution in [1.29, 1.82) is 0 Å². The SMILES string of the molecule is C[C@@H]1[C@H]2CCc3c(-c4ccccc4F)nc(-c4ccnc(CCN)c4)nc3[C@]2(C)CCC12OCCO2. The summed E-state index contributed by atoms with van der Waals surface area (Å²) in [4.78, 5) is 14.7. The topological polar surface area (TPSA) is 83.2 Å². The Morgan fingerprint density at radius 3 is 2.69 bits per heavy atom. The predicted molar refractivity (Wildman–Crippen MR) is 136 cm³/mol. The van der Waals surface area contributed by atoms with Gasteiger partial charge in [0.05, 0.1) is 24.6 Å². The fourth-order valence-corrected chi connectivity index (χ4v) is 6.85. The first-order valence-electron chi connectivity index (χ1n) is 13.0. The first-order chi connectivity index (χ1) is 17.4. The van der Waals surface area contributed by atoms with Crippen LogP contribution in [0, 0.1) is 17.7 Å². The summed E-state index contributed by atoms with van der Waals surface area (Å²) in [6.07, 6.45) is 5.95. The summed E-state index contributed by atoms with van der Waals surface area (Å²) < 4.78 is 27.5. The molecule has 3 aromatic rings. The summed E-state index contributed by atoms with van der Waals surface area (Å²) in [6, 6.07) is 10.8. The molecular formula is C29H33FN4O2. The lowest BCUT2D eigenvalue weighted by molar-refractivity contribution is -0.234. The zero-order chi connectivity index (χ0) is 24.9. The minimum Gasteiger partial charge on any atom is -0.347 e. The molecule has 2 fully saturated rings. The Morgan fingerprint density at radius 1 is 1.11 bits per heavy atom. The van der Waals surface area contributed by atoms with Gasteiger partial charge in [0.2, 0.25) is 0 Å². The molecule has 0 bridgehead atoms. The minimum atomic E-state index is -0.492. The van der Waals surface area contributed by atoms with Crippen LogP contribution in [-0.4, -0.2) is 40.5 Å². The summed E-state index contributed by atoms with van der Waals surface area (Å²) in [5.41, 5.74) is 10.7. The Balaban J connectivity index is 1.53. The van der Waals surface area contributed by atoms with Crippen LogP contribution in [-0.2, 0) is 27.7 Å². The van der Waals surface area contributed by atoms with Crippen molar-refractivity contribution in [2.24, 2.45) is 17.6 Å². The van der Waals surface area contributed by atoms with Gasteiger partial charge < -0.3 is 15.2 Å². The van der Waals surface area contributed by atoms with Gasteiger partial charge >= 0.3 is 0 Å². The molecule has 36 heavy (non-hydrogen) atoms. The molecule has 0 amide bonds. The zero-order valence-electron chi connectivity index (χ0n) is 21.0. The van der Waals surface area contributed by atoms with E-state index in [2.05, 4.69) is 18.8 Å². The molecule has 1 aromatic carbocycles. The maximum absolute atomic E-state index is 15.1. The Bertz CT molecular complexity index is 1290. The average Bonchev–Trinajstić information content (AvgIpc) is 3.37. The Hall–Kier alpha value is -2.74. The smallest absolute Gasteiger partial charge is 0.171 e. The van der Waals surface area contributed by atoms with Gasteiger partial charge in [-0.3, -0.25) is 4.98 Å². The maximum Gasteiger partial charge on any atom is 0.171 e. The standard InChI is InChI=1S/C29H33FN4O2/c1-18-23-8-7-22-25(21-5-3-4-6-24(21)30)33-27(19-10-14-32-20(17-19)9-13-31)34-26(22)28(23,2)11-12-29(18)35-15-16-36-29/h3-6,10,14,17-18,23H,7-9,11-13,15-16,31H2,1-2H3/t18-,23-,28-/m1/s1. The number of fused-ring (bicyclic) bond motifs is 3. The number of halogens is 1. The number of aromatic nitrogens is 3. The molecule has 1 saturated carbocycles. The highest BCUT2D eigenvalue weighted by Gasteiger charge is 2.57. The molecule has 6 rings (SSSR count). The number of pyridine rings is 1. The Kier molecular flexibility index (Phi) is 5.90. The summed E-state index contributed by atoms with van der Waals surface area (Å²) in [5.74, 6) is 0.432. The molecule has 0 unspecified atom stereocenters. The van der Waals surface area contributed by atoms with E-state index in [0.717, 1.165) is 48.2 Å². The van der Waals surface area contributed by atoms with Crippen LogP contribution in [0.5, 0.6) is 0 Å². The molecule has 3 heterocycles. The largest absolute Gasteiger partial charge is 0.347 e. The minimum absolute atomic E-state index is 0.182. The number of ether oxygens (including phenoxy) is 2. The molecule has 3 atom stereocenters. The van der Waals surface area contributed by atoms with E-state index in [1.807, 2.05) is 24.3 Å². The highest BCUT2D eigenvalue weighted by atomic mass is 19.1. The second kappa shape index (κ2) is 8.98. The van der Waals surface area contributed by atoms with E-state index in [0.29, 0.717) is 49.2 Å². The molecule has 1 saturated heterocycles. The van der Waals surface area contributed by atoms with Crippen molar-refractivity contribution in [3.8, 4) is 22.6 Å². The molecule has 1 aliphatic heterocycles. The molecule has 1 spiro atoms. The molecule has 2 aromatic heterocycles. The van der Waals surface area contributed by atoms with Gasteiger partial charge in [-0.15, -0.1) is 0 Å². The Morgan fingerprint density at radius 2 is 1.92 bits per heavy atom. The van der Waals surface area contributed by atoms with Crippen LogP contribution in [0.15, 0.2) is 42.6 Å². The molecule has 188 valence electrons. The van der Waals surface area contributed by atoms with Crippen molar-refractivity contribution in [3.63, 3.8) is 0 Å². The number of benzene rings is 1. The van der Waals surface area contributed by atoms with Crippen LogP contribution in [0.25, 0.3) is 22.6 Å². The first kappa shape index (κ1) is 23.6. The van der Waals surface area contributed by atoms with Crippen molar-refractivity contribution < 1.29 is 13.9 Å². The highest BCUT2D eigenvalue weighted by molar-refractivity contribution is 5.69. The zero-order valence-corrected chi connectivity index (χ0v) is 21.0. The normalized spacial score (nSPS) is 26.6. The monoisotopic (exact) mass is 488 g/mol. The van der Waals surface area contributed by atoms with E-state index >= 15 is 4.39 Å². The van der Waals surface area contributed by atoms with Gasteiger partial charge in [0.1, 0.15) is 5.82 Å². The fourth-order valence-electron chi connectivity index (χ4n) is 6.85. The van der Waals surface area contributed by atoms with E-state index in [1.54, 1.807) is 12.3 Å². The van der Waals surface area contributed by atoms with Crippen LogP contribution in [0.4, 0.5) is 4.39 Å². The molecule has 3 aliphatic rings. The first-order valence-corrected chi connectivity index (χ1v) is 13.0. The number of rotatable bonds is 4. The number of nitrogens with zero attached hydrogens (tertiary/aromatic N) is 3. The summed E-state index contributed by atoms with van der Waals surface area (Å²) in [7, 11) is 0. The third-order valence-electron chi connectivity index (χ3n) is 8.74. The van der Waals surface area contributed by atoms with Gasteiger partial charge in [0.15, 0.2) is 11.6 Å². The van der Waals surface area contributed by atoms with Crippen molar-refractivity contribution in [2.75, 3.05) is 19.8 Å². The van der Waals surface area contributed by atoms with Gasteiger partial charge in [-0.25, -0.2) is 14.4 Å². The summed E-state index contributed by atoms with van der Waals surface area (Å²) >= 11 is 0. The number of hydrogen-bond acceptors (Lipinski definition) is 6. The van der Waals surface area contributed by atoms with Crippen LogP contribution in [0.3, 0.4) is 0 Å². The van der Waals surface area contributed by atoms with Gasteiger partial charge in [-0.05, 0) is 56.0 Å². The highest BCUT2D eigenvalue weighted by Crippen LogP contribution is 2.57. The van der Waals surface area contributed by atoms with Crippen LogP contribution >= 0.6 is 0 Å². The molecule has 7 heteroatoms. The van der Waals surface area contributed by atoms with Gasteiger partial charge in [0.25, 0.3) is 0 Å². The lowest BCUT2D eigenvalue weighted by Gasteiger charge is -2.54. The molecule has 2 N–H and O–H groups in total. The van der Waals surface area contributed by atoms with Crippen LogP contribution in [0.2, 0.25) is 0 Å². The lowest BCUT2D eigenvalue weighted by Crippen LogP contribution is -2.55. The average molecular weight is 489 g/mol. The van der Waals surface area contributed by atoms with Crippen molar-refractivity contribution in [2.45, 2.75) is 57.2 Å². The number of nitrogens with two attached hydrogens (primary N) is 1. The van der Waals surface area contributed by atoms with Crippen molar-refractivity contribution in [1.82, 2.24) is 15.0 Å². The van der Waals surface area contributed by atoms with Crippen LogP contribution in [0.1, 0.15) is 50.1 Å². The molecular weight excluding hydrogens is 455 g/mol. The summed E-state index contributed by atoms with van der Waals surface area (Å²) in [6.45, 7) is 6.41. The summed E-state index contributed by atoms with van der Waals surface area (Å²) in [5, 5.41) is 0. The number of hydrogen-bond donors (Lipinski definition) is 1. The van der Waals surface area contributed by atoms with E-state index in [4.69, 9.17) is 25.2 Å². The quantitative estimate of drug-likeness (QED) is 0.566. The second-order valence-electron chi connectivity index (χ2n) is 10.6. The maximum atomic E-state index is 15.1. The predicted octanol–water partition coefficient (Wildman–Crippen LogP) is 4.84. The van der Waals surface area contributed by atoms with Gasteiger partial charge in [-0.2, -0.15) is 0 Å². The third kappa shape index (κ3) is 3.67. The van der Waals surface area contributed by atoms with E-state index in [-0.39, 0.29) is 17.2 Å². The fraction of sp³-hybridized carbons (Fsp3) is 0.483.